The monoisotopic (exact) mass is 400 g/mol. The molecular formula is C17H24N2O5S2. The van der Waals surface area contributed by atoms with Crippen LogP contribution in [0.15, 0.2) is 29.2 Å². The number of amides is 1. The maximum Gasteiger partial charge on any atom is 0.243 e. The molecular weight excluding hydrogens is 376 g/mol. The van der Waals surface area contributed by atoms with Gasteiger partial charge in [0.25, 0.3) is 0 Å². The maximum absolute atomic E-state index is 13.0. The van der Waals surface area contributed by atoms with Crippen molar-refractivity contribution in [2.24, 2.45) is 0 Å². The first-order valence-corrected chi connectivity index (χ1v) is 12.1. The second kappa shape index (κ2) is 6.94. The quantitative estimate of drug-likeness (QED) is 0.745. The summed E-state index contributed by atoms with van der Waals surface area (Å²) in [6, 6.07) is 5.90. The summed E-state index contributed by atoms with van der Waals surface area (Å²) in [5.74, 6) is -0.287. The van der Waals surface area contributed by atoms with Gasteiger partial charge in [0.2, 0.25) is 15.9 Å². The Morgan fingerprint density at radius 2 is 1.85 bits per heavy atom. The normalized spacial score (nSPS) is 24.9. The summed E-state index contributed by atoms with van der Waals surface area (Å²) in [7, 11) is -6.97. The van der Waals surface area contributed by atoms with E-state index in [1.54, 1.807) is 12.1 Å². The molecule has 0 spiro atoms. The molecule has 2 aliphatic rings. The first-order chi connectivity index (χ1) is 12.1. The molecule has 0 saturated carbocycles. The molecule has 3 rings (SSSR count). The Morgan fingerprint density at radius 1 is 1.12 bits per heavy atom. The summed E-state index contributed by atoms with van der Waals surface area (Å²) >= 11 is 0. The molecule has 0 radical (unpaired) electrons. The Bertz CT molecular complexity index is 911. The van der Waals surface area contributed by atoms with Crippen LogP contribution in [0, 0.1) is 6.92 Å². The lowest BCUT2D eigenvalue weighted by molar-refractivity contribution is -0.133. The minimum atomic E-state index is -3.76. The number of benzene rings is 1. The second-order valence-electron chi connectivity index (χ2n) is 7.11. The van der Waals surface area contributed by atoms with E-state index >= 15 is 0 Å². The van der Waals surface area contributed by atoms with Crippen molar-refractivity contribution in [2.75, 3.05) is 25.9 Å². The summed E-state index contributed by atoms with van der Waals surface area (Å²) in [5.41, 5.74) is 0.837. The van der Waals surface area contributed by atoms with Gasteiger partial charge in [-0.15, -0.1) is 0 Å². The van der Waals surface area contributed by atoms with E-state index in [0.29, 0.717) is 32.4 Å². The average molecular weight is 401 g/mol. The first kappa shape index (κ1) is 19.3. The van der Waals surface area contributed by atoms with Gasteiger partial charge >= 0.3 is 0 Å². The van der Waals surface area contributed by atoms with Crippen molar-refractivity contribution >= 4 is 25.8 Å². The SMILES string of the molecule is Cc1cccc(S(=O)(=O)N2CCCC2C(=O)N2CCC(S(C)(=O)=O)C2)c1. The number of sulfone groups is 1. The van der Waals surface area contributed by atoms with Crippen LogP contribution in [0.2, 0.25) is 0 Å². The van der Waals surface area contributed by atoms with Gasteiger partial charge < -0.3 is 4.90 Å². The molecule has 144 valence electrons. The van der Waals surface area contributed by atoms with E-state index in [4.69, 9.17) is 0 Å². The number of sulfonamides is 1. The van der Waals surface area contributed by atoms with Crippen molar-refractivity contribution in [2.45, 2.75) is 42.4 Å². The van der Waals surface area contributed by atoms with Crippen molar-refractivity contribution in [3.63, 3.8) is 0 Å². The molecule has 2 unspecified atom stereocenters. The molecule has 2 heterocycles. The highest BCUT2D eigenvalue weighted by Gasteiger charge is 2.43. The minimum Gasteiger partial charge on any atom is -0.340 e. The van der Waals surface area contributed by atoms with Gasteiger partial charge in [-0.25, -0.2) is 16.8 Å². The van der Waals surface area contributed by atoms with Crippen LogP contribution in [-0.4, -0.2) is 69.1 Å². The van der Waals surface area contributed by atoms with Crippen LogP contribution in [-0.2, 0) is 24.7 Å². The van der Waals surface area contributed by atoms with Crippen molar-refractivity contribution in [3.8, 4) is 0 Å². The lowest BCUT2D eigenvalue weighted by Gasteiger charge is -2.27. The van der Waals surface area contributed by atoms with Gasteiger partial charge in [0.15, 0.2) is 9.84 Å². The molecule has 2 saturated heterocycles. The number of aryl methyl sites for hydroxylation is 1. The fraction of sp³-hybridized carbons (Fsp3) is 0.588. The van der Waals surface area contributed by atoms with E-state index in [1.165, 1.54) is 21.5 Å². The van der Waals surface area contributed by atoms with Crippen molar-refractivity contribution in [3.05, 3.63) is 29.8 Å². The van der Waals surface area contributed by atoms with Gasteiger partial charge in [0.05, 0.1) is 10.1 Å². The fourth-order valence-corrected chi connectivity index (χ4v) is 6.41. The number of carbonyl (C=O) groups is 1. The molecule has 9 heteroatoms. The highest BCUT2D eigenvalue weighted by Crippen LogP contribution is 2.29. The Morgan fingerprint density at radius 3 is 2.46 bits per heavy atom. The molecule has 2 aliphatic heterocycles. The number of hydrogen-bond acceptors (Lipinski definition) is 5. The highest BCUT2D eigenvalue weighted by molar-refractivity contribution is 7.91. The predicted molar refractivity (Wildman–Crippen MR) is 97.9 cm³/mol. The predicted octanol–water partition coefficient (Wildman–Crippen LogP) is 0.794. The molecule has 26 heavy (non-hydrogen) atoms. The first-order valence-electron chi connectivity index (χ1n) is 8.67. The average Bonchev–Trinajstić information content (AvgIpc) is 3.23. The Hall–Kier alpha value is -1.45. The Kier molecular flexibility index (Phi) is 5.15. The number of carbonyl (C=O) groups excluding carboxylic acids is 1. The number of hydrogen-bond donors (Lipinski definition) is 0. The van der Waals surface area contributed by atoms with Gasteiger partial charge in [0.1, 0.15) is 6.04 Å². The molecule has 0 aromatic heterocycles. The van der Waals surface area contributed by atoms with E-state index in [9.17, 15) is 21.6 Å². The summed E-state index contributed by atoms with van der Waals surface area (Å²) in [5, 5.41) is -0.560. The van der Waals surface area contributed by atoms with Gasteiger partial charge in [-0.05, 0) is 43.9 Å². The van der Waals surface area contributed by atoms with Crippen molar-refractivity contribution in [1.29, 1.82) is 0 Å². The standard InChI is InChI=1S/C17H24N2O5S2/c1-13-5-3-6-14(11-13)26(23,24)19-9-4-7-16(19)17(20)18-10-8-15(12-18)25(2,21)22/h3,5-6,11,15-16H,4,7-10,12H2,1-2H3. The van der Waals surface area contributed by atoms with Gasteiger partial charge in [-0.2, -0.15) is 4.31 Å². The number of likely N-dealkylation sites (tertiary alicyclic amines) is 1. The van der Waals surface area contributed by atoms with E-state index in [1.807, 2.05) is 13.0 Å². The largest absolute Gasteiger partial charge is 0.340 e. The summed E-state index contributed by atoms with van der Waals surface area (Å²) in [6.45, 7) is 2.62. The zero-order valence-electron chi connectivity index (χ0n) is 15.0. The third-order valence-electron chi connectivity index (χ3n) is 5.15. The van der Waals surface area contributed by atoms with Crippen LogP contribution < -0.4 is 0 Å². The summed E-state index contributed by atoms with van der Waals surface area (Å²) in [6.07, 6.45) is 2.66. The van der Waals surface area contributed by atoms with Gasteiger partial charge in [0, 0.05) is 25.9 Å². The Labute approximate surface area is 155 Å². The minimum absolute atomic E-state index is 0.145. The summed E-state index contributed by atoms with van der Waals surface area (Å²) in [4.78, 5) is 14.6. The molecule has 1 aromatic carbocycles. The van der Waals surface area contributed by atoms with Gasteiger partial charge in [-0.3, -0.25) is 4.79 Å². The lowest BCUT2D eigenvalue weighted by Crippen LogP contribution is -2.47. The topological polar surface area (TPSA) is 91.8 Å². The van der Waals surface area contributed by atoms with E-state index in [-0.39, 0.29) is 17.3 Å². The molecule has 0 N–H and O–H groups in total. The van der Waals surface area contributed by atoms with Crippen LogP contribution in [0.1, 0.15) is 24.8 Å². The zero-order valence-corrected chi connectivity index (χ0v) is 16.6. The second-order valence-corrected chi connectivity index (χ2v) is 11.3. The molecule has 1 amide bonds. The number of nitrogens with zero attached hydrogens (tertiary/aromatic N) is 2. The maximum atomic E-state index is 13.0. The molecule has 1 aromatic rings. The number of rotatable bonds is 4. The zero-order chi connectivity index (χ0) is 19.1. The molecule has 0 aliphatic carbocycles. The van der Waals surface area contributed by atoms with Crippen LogP contribution in [0.4, 0.5) is 0 Å². The molecule has 2 atom stereocenters. The highest BCUT2D eigenvalue weighted by atomic mass is 32.2. The van der Waals surface area contributed by atoms with Crippen LogP contribution in [0.5, 0.6) is 0 Å². The van der Waals surface area contributed by atoms with Crippen molar-refractivity contribution < 1.29 is 21.6 Å². The van der Waals surface area contributed by atoms with Gasteiger partial charge in [-0.1, -0.05) is 12.1 Å². The van der Waals surface area contributed by atoms with Crippen molar-refractivity contribution in [1.82, 2.24) is 9.21 Å². The fourth-order valence-electron chi connectivity index (χ4n) is 3.67. The van der Waals surface area contributed by atoms with Crippen LogP contribution in [0.25, 0.3) is 0 Å². The Balaban J connectivity index is 1.81. The molecule has 7 nitrogen and oxygen atoms in total. The summed E-state index contributed by atoms with van der Waals surface area (Å²) < 4.78 is 50.7. The molecule has 2 fully saturated rings. The van der Waals surface area contributed by atoms with Crippen LogP contribution in [0.3, 0.4) is 0 Å². The third-order valence-corrected chi connectivity index (χ3v) is 8.65. The van der Waals surface area contributed by atoms with E-state index < -0.39 is 31.2 Å². The van der Waals surface area contributed by atoms with Crippen LogP contribution >= 0.6 is 0 Å². The lowest BCUT2D eigenvalue weighted by atomic mass is 10.2. The third kappa shape index (κ3) is 3.65. The smallest absolute Gasteiger partial charge is 0.243 e. The van der Waals surface area contributed by atoms with E-state index in [2.05, 4.69) is 0 Å². The van der Waals surface area contributed by atoms with E-state index in [0.717, 1.165) is 5.56 Å². The molecule has 0 bridgehead atoms.